The summed E-state index contributed by atoms with van der Waals surface area (Å²) < 4.78 is 0. The Kier molecular flexibility index (Phi) is 3.50. The minimum absolute atomic E-state index is 0.0184. The van der Waals surface area contributed by atoms with Gasteiger partial charge in [0.05, 0.1) is 0 Å². The molecule has 1 aliphatic carbocycles. The zero-order chi connectivity index (χ0) is 17.8. The molecule has 0 bridgehead atoms. The van der Waals surface area contributed by atoms with Crippen molar-refractivity contribution in [3.8, 4) is 28.0 Å². The van der Waals surface area contributed by atoms with Crippen molar-refractivity contribution in [3.05, 3.63) is 77.4 Å². The molecule has 0 aromatic heterocycles. The lowest BCUT2D eigenvalue weighted by Crippen LogP contribution is -2.14. The number of phenolic OH excluding ortho intramolecular Hbond substituents is 1. The first-order valence-corrected chi connectivity index (χ1v) is 8.97. The highest BCUT2D eigenvalue weighted by Gasteiger charge is 2.35. The molecular formula is C24H24O. The van der Waals surface area contributed by atoms with E-state index >= 15 is 0 Å². The molecule has 0 amide bonds. The van der Waals surface area contributed by atoms with Crippen LogP contribution in [0.25, 0.3) is 22.3 Å². The van der Waals surface area contributed by atoms with Crippen LogP contribution >= 0.6 is 0 Å². The molecule has 1 N–H and O–H groups in total. The molecule has 4 rings (SSSR count). The number of hydrogen-bond donors (Lipinski definition) is 1. The van der Waals surface area contributed by atoms with Gasteiger partial charge >= 0.3 is 0 Å². The van der Waals surface area contributed by atoms with E-state index in [0.717, 1.165) is 16.7 Å². The van der Waals surface area contributed by atoms with E-state index in [2.05, 4.69) is 76.2 Å². The van der Waals surface area contributed by atoms with Crippen LogP contribution in [0.2, 0.25) is 0 Å². The number of rotatable bonds is 2. The number of fused-ring (bicyclic) bond motifs is 3. The van der Waals surface area contributed by atoms with Gasteiger partial charge < -0.3 is 5.11 Å². The summed E-state index contributed by atoms with van der Waals surface area (Å²) in [6.07, 6.45) is 0. The third kappa shape index (κ3) is 2.38. The van der Waals surface area contributed by atoms with E-state index in [1.165, 1.54) is 22.3 Å². The molecule has 0 radical (unpaired) electrons. The van der Waals surface area contributed by atoms with Crippen molar-refractivity contribution in [2.75, 3.05) is 0 Å². The Morgan fingerprint density at radius 1 is 0.760 bits per heavy atom. The average Bonchev–Trinajstić information content (AvgIpc) is 2.83. The maximum Gasteiger partial charge on any atom is 0.123 e. The molecular weight excluding hydrogens is 304 g/mol. The molecule has 0 saturated carbocycles. The standard InChI is InChI=1S/C24H24O/c1-15(2)16-9-11-18(23(25)14-16)17-10-12-20-19-7-5-6-8-21(19)24(3,4)22(20)13-17/h5-15,25H,1-4H3. The van der Waals surface area contributed by atoms with E-state index in [4.69, 9.17) is 0 Å². The Balaban J connectivity index is 1.85. The van der Waals surface area contributed by atoms with Crippen molar-refractivity contribution in [3.63, 3.8) is 0 Å². The van der Waals surface area contributed by atoms with Crippen molar-refractivity contribution in [2.45, 2.75) is 39.0 Å². The Labute approximate surface area is 150 Å². The van der Waals surface area contributed by atoms with Crippen LogP contribution in [0.3, 0.4) is 0 Å². The normalized spacial score (nSPS) is 14.4. The van der Waals surface area contributed by atoms with Crippen LogP contribution in [0.4, 0.5) is 0 Å². The van der Waals surface area contributed by atoms with Crippen molar-refractivity contribution in [2.24, 2.45) is 0 Å². The summed E-state index contributed by atoms with van der Waals surface area (Å²) in [4.78, 5) is 0. The second-order valence-corrected chi connectivity index (χ2v) is 7.86. The van der Waals surface area contributed by atoms with Gasteiger partial charge in [-0.25, -0.2) is 0 Å². The fourth-order valence-corrected chi connectivity index (χ4v) is 4.02. The SMILES string of the molecule is CC(C)c1ccc(-c2ccc3c(c2)C(C)(C)c2ccccc2-3)c(O)c1. The number of phenols is 1. The van der Waals surface area contributed by atoms with Crippen LogP contribution in [0.1, 0.15) is 50.3 Å². The topological polar surface area (TPSA) is 20.2 Å². The Bertz CT molecular complexity index is 964. The summed E-state index contributed by atoms with van der Waals surface area (Å²) in [6, 6.07) is 21.3. The third-order valence-electron chi connectivity index (χ3n) is 5.58. The van der Waals surface area contributed by atoms with Crippen molar-refractivity contribution in [1.29, 1.82) is 0 Å². The van der Waals surface area contributed by atoms with Crippen molar-refractivity contribution < 1.29 is 5.11 Å². The maximum absolute atomic E-state index is 10.5. The van der Waals surface area contributed by atoms with Crippen molar-refractivity contribution in [1.82, 2.24) is 0 Å². The predicted octanol–water partition coefficient (Wildman–Crippen LogP) is 6.49. The average molecular weight is 328 g/mol. The second-order valence-electron chi connectivity index (χ2n) is 7.86. The van der Waals surface area contributed by atoms with E-state index in [0.29, 0.717) is 11.7 Å². The first kappa shape index (κ1) is 16.0. The zero-order valence-electron chi connectivity index (χ0n) is 15.3. The van der Waals surface area contributed by atoms with Crippen LogP contribution in [0.5, 0.6) is 5.75 Å². The van der Waals surface area contributed by atoms with Crippen LogP contribution in [-0.4, -0.2) is 5.11 Å². The summed E-state index contributed by atoms with van der Waals surface area (Å²) in [6.45, 7) is 8.85. The van der Waals surface area contributed by atoms with E-state index in [1.54, 1.807) is 0 Å². The Hall–Kier alpha value is -2.54. The third-order valence-corrected chi connectivity index (χ3v) is 5.58. The Morgan fingerprint density at radius 2 is 1.44 bits per heavy atom. The van der Waals surface area contributed by atoms with Gasteiger partial charge in [0.1, 0.15) is 5.75 Å². The quantitative estimate of drug-likeness (QED) is 0.570. The van der Waals surface area contributed by atoms with Gasteiger partial charge in [0.25, 0.3) is 0 Å². The maximum atomic E-state index is 10.5. The van der Waals surface area contributed by atoms with E-state index in [-0.39, 0.29) is 5.41 Å². The van der Waals surface area contributed by atoms with Gasteiger partial charge in [-0.3, -0.25) is 0 Å². The number of benzene rings is 3. The summed E-state index contributed by atoms with van der Waals surface area (Å²) in [5.41, 5.74) is 8.47. The van der Waals surface area contributed by atoms with E-state index in [1.807, 2.05) is 12.1 Å². The summed E-state index contributed by atoms with van der Waals surface area (Å²) in [5, 5.41) is 10.5. The smallest absolute Gasteiger partial charge is 0.123 e. The number of aromatic hydroxyl groups is 1. The van der Waals surface area contributed by atoms with Crippen LogP contribution in [0.15, 0.2) is 60.7 Å². The summed E-state index contributed by atoms with van der Waals surface area (Å²) in [7, 11) is 0. The van der Waals surface area contributed by atoms with Crippen molar-refractivity contribution >= 4 is 0 Å². The highest BCUT2D eigenvalue weighted by molar-refractivity contribution is 5.84. The zero-order valence-corrected chi connectivity index (χ0v) is 15.3. The van der Waals surface area contributed by atoms with Gasteiger partial charge in [-0.15, -0.1) is 0 Å². The first-order chi connectivity index (χ1) is 11.9. The van der Waals surface area contributed by atoms with Gasteiger partial charge in [0.15, 0.2) is 0 Å². The van der Waals surface area contributed by atoms with Crippen LogP contribution in [-0.2, 0) is 5.41 Å². The van der Waals surface area contributed by atoms with Crippen LogP contribution < -0.4 is 0 Å². The molecule has 1 nitrogen and oxygen atoms in total. The highest BCUT2D eigenvalue weighted by Crippen LogP contribution is 2.49. The largest absolute Gasteiger partial charge is 0.507 e. The lowest BCUT2D eigenvalue weighted by atomic mass is 9.81. The fourth-order valence-electron chi connectivity index (χ4n) is 4.02. The van der Waals surface area contributed by atoms with E-state index < -0.39 is 0 Å². The molecule has 1 aliphatic rings. The van der Waals surface area contributed by atoms with Gasteiger partial charge in [0.2, 0.25) is 0 Å². The molecule has 0 unspecified atom stereocenters. The summed E-state index contributed by atoms with van der Waals surface area (Å²) >= 11 is 0. The predicted molar refractivity (Wildman–Crippen MR) is 105 cm³/mol. The molecule has 3 aromatic rings. The molecule has 0 fully saturated rings. The fraction of sp³-hybridized carbons (Fsp3) is 0.250. The first-order valence-electron chi connectivity index (χ1n) is 8.97. The molecule has 0 spiro atoms. The van der Waals surface area contributed by atoms with Gasteiger partial charge in [0, 0.05) is 11.0 Å². The molecule has 0 atom stereocenters. The molecule has 3 aromatic carbocycles. The van der Waals surface area contributed by atoms with Gasteiger partial charge in [-0.2, -0.15) is 0 Å². The lowest BCUT2D eigenvalue weighted by Gasteiger charge is -2.22. The summed E-state index contributed by atoms with van der Waals surface area (Å²) in [5.74, 6) is 0.771. The number of hydrogen-bond acceptors (Lipinski definition) is 1. The minimum Gasteiger partial charge on any atom is -0.507 e. The second kappa shape index (κ2) is 5.49. The molecule has 0 heterocycles. The monoisotopic (exact) mass is 328 g/mol. The van der Waals surface area contributed by atoms with E-state index in [9.17, 15) is 5.11 Å². The molecule has 126 valence electrons. The molecule has 0 saturated heterocycles. The lowest BCUT2D eigenvalue weighted by molar-refractivity contribution is 0.476. The van der Waals surface area contributed by atoms with Gasteiger partial charge in [-0.1, -0.05) is 76.2 Å². The molecule has 0 aliphatic heterocycles. The minimum atomic E-state index is -0.0184. The highest BCUT2D eigenvalue weighted by atomic mass is 16.3. The van der Waals surface area contributed by atoms with Gasteiger partial charge in [-0.05, 0) is 51.4 Å². The Morgan fingerprint density at radius 3 is 2.16 bits per heavy atom. The van der Waals surface area contributed by atoms with Crippen LogP contribution in [0, 0.1) is 0 Å². The molecule has 25 heavy (non-hydrogen) atoms. The molecule has 1 heteroatoms.